The van der Waals surface area contributed by atoms with E-state index in [0.29, 0.717) is 24.5 Å². The number of hydrogen-bond acceptors (Lipinski definition) is 3. The Kier molecular flexibility index (Phi) is 2.39. The monoisotopic (exact) mass is 290 g/mol. The SMILES string of the molecule is O=Cc1ccc2c(c1I)OCCO2. The zero-order valence-corrected chi connectivity index (χ0v) is 8.91. The number of rotatable bonds is 1. The van der Waals surface area contributed by atoms with E-state index < -0.39 is 0 Å². The van der Waals surface area contributed by atoms with Gasteiger partial charge in [-0.25, -0.2) is 0 Å². The van der Waals surface area contributed by atoms with Crippen LogP contribution in [0.25, 0.3) is 0 Å². The lowest BCUT2D eigenvalue weighted by molar-refractivity contribution is 0.112. The van der Waals surface area contributed by atoms with E-state index in [-0.39, 0.29) is 0 Å². The largest absolute Gasteiger partial charge is 0.486 e. The standard InChI is InChI=1S/C9H7IO3/c10-8-6(5-11)1-2-7-9(8)13-4-3-12-7/h1-2,5H,3-4H2. The molecule has 68 valence electrons. The van der Waals surface area contributed by atoms with Crippen molar-refractivity contribution in [1.82, 2.24) is 0 Å². The Morgan fingerprint density at radius 2 is 2.08 bits per heavy atom. The van der Waals surface area contributed by atoms with Gasteiger partial charge in [-0.2, -0.15) is 0 Å². The van der Waals surface area contributed by atoms with Crippen LogP contribution < -0.4 is 9.47 Å². The third-order valence-electron chi connectivity index (χ3n) is 1.81. The number of hydrogen-bond donors (Lipinski definition) is 0. The van der Waals surface area contributed by atoms with E-state index >= 15 is 0 Å². The molecule has 0 aliphatic carbocycles. The second kappa shape index (κ2) is 3.53. The summed E-state index contributed by atoms with van der Waals surface area (Å²) in [6.45, 7) is 1.12. The second-order valence-electron chi connectivity index (χ2n) is 2.61. The molecule has 0 fully saturated rings. The zero-order chi connectivity index (χ0) is 9.26. The third kappa shape index (κ3) is 1.50. The zero-order valence-electron chi connectivity index (χ0n) is 6.75. The number of halogens is 1. The second-order valence-corrected chi connectivity index (χ2v) is 3.69. The van der Waals surface area contributed by atoms with E-state index in [4.69, 9.17) is 9.47 Å². The fraction of sp³-hybridized carbons (Fsp3) is 0.222. The van der Waals surface area contributed by atoms with Gasteiger partial charge in [-0.05, 0) is 34.7 Å². The number of carbonyl (C=O) groups is 1. The van der Waals surface area contributed by atoms with Gasteiger partial charge in [0, 0.05) is 5.56 Å². The Morgan fingerprint density at radius 3 is 2.85 bits per heavy atom. The van der Waals surface area contributed by atoms with E-state index in [1.807, 2.05) is 0 Å². The van der Waals surface area contributed by atoms with Gasteiger partial charge in [0.15, 0.2) is 17.8 Å². The molecule has 1 aliphatic rings. The van der Waals surface area contributed by atoms with Gasteiger partial charge in [0.25, 0.3) is 0 Å². The number of fused-ring (bicyclic) bond motifs is 1. The molecule has 1 aromatic carbocycles. The first-order chi connectivity index (χ1) is 6.33. The molecule has 1 aromatic rings. The lowest BCUT2D eigenvalue weighted by atomic mass is 10.2. The van der Waals surface area contributed by atoms with E-state index in [9.17, 15) is 4.79 Å². The van der Waals surface area contributed by atoms with Crippen LogP contribution in [0.1, 0.15) is 10.4 Å². The van der Waals surface area contributed by atoms with Crippen molar-refractivity contribution < 1.29 is 14.3 Å². The molecule has 3 nitrogen and oxygen atoms in total. The fourth-order valence-electron chi connectivity index (χ4n) is 1.19. The number of aldehydes is 1. The summed E-state index contributed by atoms with van der Waals surface area (Å²) < 4.78 is 11.6. The molecular formula is C9H7IO3. The van der Waals surface area contributed by atoms with Crippen molar-refractivity contribution in [3.05, 3.63) is 21.3 Å². The average Bonchev–Trinajstić information content (AvgIpc) is 2.19. The van der Waals surface area contributed by atoms with Crippen LogP contribution in [-0.2, 0) is 0 Å². The molecule has 0 bridgehead atoms. The van der Waals surface area contributed by atoms with Crippen LogP contribution in [-0.4, -0.2) is 19.5 Å². The highest BCUT2D eigenvalue weighted by atomic mass is 127. The maximum absolute atomic E-state index is 10.6. The summed E-state index contributed by atoms with van der Waals surface area (Å²) >= 11 is 2.09. The van der Waals surface area contributed by atoms with Crippen LogP contribution in [0.5, 0.6) is 11.5 Å². The minimum atomic E-state index is 0.547. The maximum Gasteiger partial charge on any atom is 0.175 e. The molecule has 0 aromatic heterocycles. The Bertz CT molecular complexity index is 349. The highest BCUT2D eigenvalue weighted by Crippen LogP contribution is 2.36. The van der Waals surface area contributed by atoms with Gasteiger partial charge in [-0.3, -0.25) is 4.79 Å². The van der Waals surface area contributed by atoms with Crippen molar-refractivity contribution in [2.24, 2.45) is 0 Å². The summed E-state index contributed by atoms with van der Waals surface area (Å²) in [4.78, 5) is 10.6. The molecule has 0 saturated heterocycles. The molecule has 1 aliphatic heterocycles. The fourth-order valence-corrected chi connectivity index (χ4v) is 1.92. The quantitative estimate of drug-likeness (QED) is 0.585. The van der Waals surface area contributed by atoms with Crippen molar-refractivity contribution in [3.63, 3.8) is 0 Å². The summed E-state index contributed by atoms with van der Waals surface area (Å²) in [5.74, 6) is 1.41. The van der Waals surface area contributed by atoms with Crippen molar-refractivity contribution in [1.29, 1.82) is 0 Å². The van der Waals surface area contributed by atoms with Crippen LogP contribution >= 0.6 is 22.6 Å². The van der Waals surface area contributed by atoms with Crippen LogP contribution in [0.2, 0.25) is 0 Å². The normalized spacial score (nSPS) is 13.9. The topological polar surface area (TPSA) is 35.5 Å². The van der Waals surface area contributed by atoms with Crippen LogP contribution in [0.3, 0.4) is 0 Å². The van der Waals surface area contributed by atoms with Gasteiger partial charge in [0.05, 0.1) is 3.57 Å². The van der Waals surface area contributed by atoms with Crippen LogP contribution in [0.15, 0.2) is 12.1 Å². The van der Waals surface area contributed by atoms with Crippen molar-refractivity contribution in [2.45, 2.75) is 0 Å². The summed E-state index contributed by atoms with van der Waals surface area (Å²) in [5, 5.41) is 0. The van der Waals surface area contributed by atoms with E-state index in [1.54, 1.807) is 12.1 Å². The number of carbonyl (C=O) groups excluding carboxylic acids is 1. The molecule has 0 spiro atoms. The van der Waals surface area contributed by atoms with Crippen molar-refractivity contribution in [2.75, 3.05) is 13.2 Å². The summed E-state index contributed by atoms with van der Waals surface area (Å²) in [6.07, 6.45) is 0.819. The number of ether oxygens (including phenoxy) is 2. The molecule has 0 unspecified atom stereocenters. The minimum absolute atomic E-state index is 0.547. The predicted molar refractivity (Wildman–Crippen MR) is 55.5 cm³/mol. The Morgan fingerprint density at radius 1 is 1.31 bits per heavy atom. The smallest absolute Gasteiger partial charge is 0.175 e. The summed E-state index contributed by atoms with van der Waals surface area (Å²) in [7, 11) is 0. The van der Waals surface area contributed by atoms with Crippen molar-refractivity contribution >= 4 is 28.9 Å². The molecular weight excluding hydrogens is 283 g/mol. The van der Waals surface area contributed by atoms with Crippen LogP contribution in [0, 0.1) is 3.57 Å². The molecule has 0 radical (unpaired) electrons. The molecule has 0 atom stereocenters. The van der Waals surface area contributed by atoms with Gasteiger partial charge in [0.1, 0.15) is 13.2 Å². The lowest BCUT2D eigenvalue weighted by Gasteiger charge is -2.19. The van der Waals surface area contributed by atoms with Crippen molar-refractivity contribution in [3.8, 4) is 11.5 Å². The summed E-state index contributed by atoms with van der Waals surface area (Å²) in [5.41, 5.74) is 0.643. The first-order valence-electron chi connectivity index (χ1n) is 3.86. The van der Waals surface area contributed by atoms with E-state index in [1.165, 1.54) is 0 Å². The van der Waals surface area contributed by atoms with Gasteiger partial charge in [0.2, 0.25) is 0 Å². The molecule has 0 N–H and O–H groups in total. The number of benzene rings is 1. The molecule has 0 amide bonds. The average molecular weight is 290 g/mol. The van der Waals surface area contributed by atoms with Gasteiger partial charge >= 0.3 is 0 Å². The molecule has 0 saturated carbocycles. The molecule has 4 heteroatoms. The third-order valence-corrected chi connectivity index (χ3v) is 2.92. The first kappa shape index (κ1) is 8.80. The molecule has 1 heterocycles. The maximum atomic E-state index is 10.6. The Balaban J connectivity index is 2.54. The van der Waals surface area contributed by atoms with E-state index in [0.717, 1.165) is 15.6 Å². The molecule has 2 rings (SSSR count). The Labute approximate surface area is 89.2 Å². The summed E-state index contributed by atoms with van der Waals surface area (Å²) in [6, 6.07) is 3.50. The highest BCUT2D eigenvalue weighted by Gasteiger charge is 2.16. The van der Waals surface area contributed by atoms with Gasteiger partial charge < -0.3 is 9.47 Å². The lowest BCUT2D eigenvalue weighted by Crippen LogP contribution is -2.16. The van der Waals surface area contributed by atoms with Gasteiger partial charge in [-0.1, -0.05) is 0 Å². The highest BCUT2D eigenvalue weighted by molar-refractivity contribution is 14.1. The Hall–Kier alpha value is -0.780. The van der Waals surface area contributed by atoms with E-state index in [2.05, 4.69) is 22.6 Å². The van der Waals surface area contributed by atoms with Crippen LogP contribution in [0.4, 0.5) is 0 Å². The molecule has 13 heavy (non-hydrogen) atoms. The predicted octanol–water partition coefficient (Wildman–Crippen LogP) is 1.87. The van der Waals surface area contributed by atoms with Gasteiger partial charge in [-0.15, -0.1) is 0 Å². The minimum Gasteiger partial charge on any atom is -0.486 e. The first-order valence-corrected chi connectivity index (χ1v) is 4.94.